The van der Waals surface area contributed by atoms with E-state index in [0.29, 0.717) is 30.9 Å². The van der Waals surface area contributed by atoms with Gasteiger partial charge >= 0.3 is 0 Å². The molecule has 0 N–H and O–H groups in total. The highest BCUT2D eigenvalue weighted by molar-refractivity contribution is 5.92. The fourth-order valence-electron chi connectivity index (χ4n) is 4.22. The summed E-state index contributed by atoms with van der Waals surface area (Å²) in [4.78, 5) is 25.2. The molecule has 1 amide bonds. The lowest BCUT2D eigenvalue weighted by atomic mass is 10.0. The molecule has 2 saturated heterocycles. The van der Waals surface area contributed by atoms with Crippen LogP contribution in [0.4, 0.5) is 4.39 Å². The number of rotatable bonds is 3. The normalized spacial score (nSPS) is 24.3. The van der Waals surface area contributed by atoms with Crippen LogP contribution in [0.3, 0.4) is 0 Å². The second kappa shape index (κ2) is 6.52. The third-order valence-electron chi connectivity index (χ3n) is 5.41. The van der Waals surface area contributed by atoms with Gasteiger partial charge in [-0.05, 0) is 37.5 Å². The highest BCUT2D eigenvalue weighted by atomic mass is 19.1. The lowest BCUT2D eigenvalue weighted by Crippen LogP contribution is -2.55. The second-order valence-corrected chi connectivity index (χ2v) is 6.86. The van der Waals surface area contributed by atoms with E-state index in [1.807, 2.05) is 17.0 Å². The van der Waals surface area contributed by atoms with E-state index >= 15 is 0 Å². The Bertz CT molecular complexity index is 738. The predicted molar refractivity (Wildman–Crippen MR) is 91.4 cm³/mol. The minimum Gasteiger partial charge on any atom is -0.334 e. The summed E-state index contributed by atoms with van der Waals surface area (Å²) in [5.74, 6) is -0.252. The van der Waals surface area contributed by atoms with Crippen LogP contribution < -0.4 is 0 Å². The zero-order chi connectivity index (χ0) is 17.4. The van der Waals surface area contributed by atoms with Crippen molar-refractivity contribution in [2.24, 2.45) is 0 Å². The number of carbonyl (C=O) groups is 1. The lowest BCUT2D eigenvalue weighted by Gasteiger charge is -2.44. The Labute approximate surface area is 146 Å². The number of benzene rings is 1. The average molecular weight is 340 g/mol. The van der Waals surface area contributed by atoms with Crippen molar-refractivity contribution < 1.29 is 9.18 Å². The minimum atomic E-state index is -0.210. The van der Waals surface area contributed by atoms with Crippen molar-refractivity contribution >= 4 is 5.91 Å². The summed E-state index contributed by atoms with van der Waals surface area (Å²) in [6.07, 6.45) is 6.82. The van der Waals surface area contributed by atoms with Gasteiger partial charge in [-0.3, -0.25) is 14.7 Å². The summed E-state index contributed by atoms with van der Waals surface area (Å²) in [7, 11) is 0. The van der Waals surface area contributed by atoms with Gasteiger partial charge in [0.25, 0.3) is 5.91 Å². The molecular weight excluding hydrogens is 319 g/mol. The molecule has 0 aliphatic carbocycles. The maximum Gasteiger partial charge on any atom is 0.274 e. The molecule has 1 aromatic heterocycles. The van der Waals surface area contributed by atoms with Crippen molar-refractivity contribution in [1.29, 1.82) is 0 Å². The zero-order valence-electron chi connectivity index (χ0n) is 14.2. The van der Waals surface area contributed by atoms with Crippen molar-refractivity contribution in [3.8, 4) is 0 Å². The van der Waals surface area contributed by atoms with Gasteiger partial charge in [0.05, 0.1) is 6.20 Å². The fraction of sp³-hybridized carbons (Fsp3) is 0.421. The average Bonchev–Trinajstić information content (AvgIpc) is 2.91. The first-order chi connectivity index (χ1) is 12.1. The Morgan fingerprint density at radius 1 is 1.16 bits per heavy atom. The van der Waals surface area contributed by atoms with E-state index in [1.165, 1.54) is 18.3 Å². The molecule has 1 aromatic carbocycles. The number of amides is 1. The quantitative estimate of drug-likeness (QED) is 0.862. The lowest BCUT2D eigenvalue weighted by molar-refractivity contribution is 0.0298. The van der Waals surface area contributed by atoms with Gasteiger partial charge in [-0.1, -0.05) is 12.1 Å². The summed E-state index contributed by atoms with van der Waals surface area (Å²) in [6.45, 7) is 3.58. The van der Waals surface area contributed by atoms with Crippen LogP contribution in [-0.2, 0) is 0 Å². The predicted octanol–water partition coefficient (Wildman–Crippen LogP) is 2.67. The first-order valence-corrected chi connectivity index (χ1v) is 8.71. The SMILES string of the molecule is CC(c1ccc(F)cc1)N1C2CCC1CN(C(=O)c1cnccn1)C2. The van der Waals surface area contributed by atoms with Crippen molar-refractivity contribution in [2.75, 3.05) is 13.1 Å². The number of aromatic nitrogens is 2. The Balaban J connectivity index is 1.50. The number of piperazine rings is 1. The van der Waals surface area contributed by atoms with Gasteiger partial charge in [-0.25, -0.2) is 9.37 Å². The van der Waals surface area contributed by atoms with E-state index in [0.717, 1.165) is 18.4 Å². The zero-order valence-corrected chi connectivity index (χ0v) is 14.2. The van der Waals surface area contributed by atoms with Gasteiger partial charge in [0.2, 0.25) is 0 Å². The Morgan fingerprint density at radius 3 is 2.44 bits per heavy atom. The highest BCUT2D eigenvalue weighted by Gasteiger charge is 2.43. The molecular formula is C19H21FN4O. The van der Waals surface area contributed by atoms with Crippen LogP contribution in [0.1, 0.15) is 41.9 Å². The Kier molecular flexibility index (Phi) is 4.21. The summed E-state index contributed by atoms with van der Waals surface area (Å²) < 4.78 is 13.2. The second-order valence-electron chi connectivity index (χ2n) is 6.86. The van der Waals surface area contributed by atoms with Gasteiger partial charge in [0, 0.05) is 43.6 Å². The summed E-state index contributed by atoms with van der Waals surface area (Å²) in [6, 6.07) is 7.63. The Morgan fingerprint density at radius 2 is 1.84 bits per heavy atom. The van der Waals surface area contributed by atoms with Crippen LogP contribution in [0.25, 0.3) is 0 Å². The molecule has 6 heteroatoms. The molecule has 4 rings (SSSR count). The molecule has 0 radical (unpaired) electrons. The van der Waals surface area contributed by atoms with Crippen molar-refractivity contribution in [2.45, 2.75) is 37.9 Å². The fourth-order valence-corrected chi connectivity index (χ4v) is 4.22. The smallest absolute Gasteiger partial charge is 0.274 e. The number of hydrogen-bond donors (Lipinski definition) is 0. The molecule has 2 aliphatic rings. The molecule has 130 valence electrons. The standard InChI is InChI=1S/C19H21FN4O/c1-13(14-2-4-15(20)5-3-14)24-16-6-7-17(24)12-23(11-16)19(25)18-10-21-8-9-22-18/h2-5,8-10,13,16-17H,6-7,11-12H2,1H3. The molecule has 2 aliphatic heterocycles. The van der Waals surface area contributed by atoms with E-state index in [-0.39, 0.29) is 17.8 Å². The third kappa shape index (κ3) is 3.02. The molecule has 25 heavy (non-hydrogen) atoms. The number of carbonyl (C=O) groups excluding carboxylic acids is 1. The maximum absolute atomic E-state index is 13.2. The van der Waals surface area contributed by atoms with Gasteiger partial charge in [-0.2, -0.15) is 0 Å². The molecule has 2 aromatic rings. The summed E-state index contributed by atoms with van der Waals surface area (Å²) in [5, 5.41) is 0. The van der Waals surface area contributed by atoms with E-state index in [2.05, 4.69) is 21.8 Å². The van der Waals surface area contributed by atoms with Crippen molar-refractivity contribution in [3.63, 3.8) is 0 Å². The van der Waals surface area contributed by atoms with Crippen LogP contribution in [0.2, 0.25) is 0 Å². The molecule has 3 atom stereocenters. The van der Waals surface area contributed by atoms with E-state index in [9.17, 15) is 9.18 Å². The Hall–Kier alpha value is -2.34. The topological polar surface area (TPSA) is 49.3 Å². The monoisotopic (exact) mass is 340 g/mol. The van der Waals surface area contributed by atoms with Crippen molar-refractivity contribution in [3.05, 3.63) is 59.9 Å². The number of nitrogens with zero attached hydrogens (tertiary/aromatic N) is 4. The van der Waals surface area contributed by atoms with Crippen LogP contribution in [0, 0.1) is 5.82 Å². The molecule has 2 fully saturated rings. The summed E-state index contributed by atoms with van der Waals surface area (Å²) in [5.41, 5.74) is 1.52. The van der Waals surface area contributed by atoms with Crippen LogP contribution in [0.5, 0.6) is 0 Å². The molecule has 0 spiro atoms. The highest BCUT2D eigenvalue weighted by Crippen LogP contribution is 2.37. The first-order valence-electron chi connectivity index (χ1n) is 8.71. The van der Waals surface area contributed by atoms with E-state index in [1.54, 1.807) is 12.4 Å². The minimum absolute atomic E-state index is 0.0425. The van der Waals surface area contributed by atoms with Crippen molar-refractivity contribution in [1.82, 2.24) is 19.8 Å². The van der Waals surface area contributed by atoms with E-state index < -0.39 is 0 Å². The molecule has 5 nitrogen and oxygen atoms in total. The molecule has 3 unspecified atom stereocenters. The van der Waals surface area contributed by atoms with Gasteiger partial charge < -0.3 is 4.90 Å². The third-order valence-corrected chi connectivity index (χ3v) is 5.41. The van der Waals surface area contributed by atoms with E-state index in [4.69, 9.17) is 0 Å². The van der Waals surface area contributed by atoms with Gasteiger partial charge in [0.1, 0.15) is 11.5 Å². The largest absolute Gasteiger partial charge is 0.334 e. The van der Waals surface area contributed by atoms with Crippen LogP contribution in [-0.4, -0.2) is 50.8 Å². The summed E-state index contributed by atoms with van der Waals surface area (Å²) >= 11 is 0. The molecule has 3 heterocycles. The van der Waals surface area contributed by atoms with Gasteiger partial charge in [0.15, 0.2) is 0 Å². The number of hydrogen-bond acceptors (Lipinski definition) is 4. The van der Waals surface area contributed by atoms with Gasteiger partial charge in [-0.15, -0.1) is 0 Å². The number of halogens is 1. The van der Waals surface area contributed by atoms with Crippen LogP contribution in [0.15, 0.2) is 42.9 Å². The van der Waals surface area contributed by atoms with Crippen LogP contribution >= 0.6 is 0 Å². The molecule has 2 bridgehead atoms. The first kappa shape index (κ1) is 16.1. The number of likely N-dealkylation sites (tertiary alicyclic amines) is 1. The molecule has 0 saturated carbocycles. The number of fused-ring (bicyclic) bond motifs is 2. The maximum atomic E-state index is 13.2.